The van der Waals surface area contributed by atoms with E-state index in [4.69, 9.17) is 9.47 Å². The number of benzene rings is 1. The van der Waals surface area contributed by atoms with E-state index in [9.17, 15) is 4.79 Å². The zero-order chi connectivity index (χ0) is 13.7. The first-order valence-corrected chi connectivity index (χ1v) is 6.45. The van der Waals surface area contributed by atoms with Crippen LogP contribution in [0.5, 0.6) is 11.5 Å². The minimum atomic E-state index is 0.242. The number of hydrogen-bond acceptors (Lipinski definition) is 4. The maximum absolute atomic E-state index is 11.7. The van der Waals surface area contributed by atoms with Gasteiger partial charge in [-0.1, -0.05) is 0 Å². The van der Waals surface area contributed by atoms with Gasteiger partial charge in [-0.25, -0.2) is 0 Å². The van der Waals surface area contributed by atoms with Crippen molar-refractivity contribution in [3.63, 3.8) is 0 Å². The lowest BCUT2D eigenvalue weighted by atomic mass is 9.94. The van der Waals surface area contributed by atoms with Gasteiger partial charge in [-0.05, 0) is 31.4 Å². The minimum absolute atomic E-state index is 0.242. The maximum Gasteiger partial charge on any atom is 0.160 e. The molecular weight excluding hydrogens is 242 g/mol. The number of hydrogen-bond donors (Lipinski definition) is 1. The Balaban J connectivity index is 2.14. The van der Waals surface area contributed by atoms with E-state index >= 15 is 0 Å². The van der Waals surface area contributed by atoms with E-state index < -0.39 is 0 Å². The van der Waals surface area contributed by atoms with Crippen molar-refractivity contribution >= 4 is 11.5 Å². The smallest absolute Gasteiger partial charge is 0.160 e. The molecule has 102 valence electrons. The topological polar surface area (TPSA) is 47.6 Å². The fourth-order valence-electron chi connectivity index (χ4n) is 2.14. The summed E-state index contributed by atoms with van der Waals surface area (Å²) in [7, 11) is 3.23. The van der Waals surface area contributed by atoms with Gasteiger partial charge in [0, 0.05) is 24.3 Å². The van der Waals surface area contributed by atoms with Crippen LogP contribution in [0.1, 0.15) is 25.7 Å². The van der Waals surface area contributed by atoms with Gasteiger partial charge in [-0.2, -0.15) is 0 Å². The Bertz CT molecular complexity index is 494. The Morgan fingerprint density at radius 2 is 1.95 bits per heavy atom. The largest absolute Gasteiger partial charge is 0.497 e. The van der Waals surface area contributed by atoms with Crippen LogP contribution in [0.2, 0.25) is 0 Å². The molecule has 1 aliphatic rings. The predicted octanol–water partition coefficient (Wildman–Crippen LogP) is 3.14. The number of methoxy groups -OCH3 is 2. The Morgan fingerprint density at radius 3 is 2.63 bits per heavy atom. The molecule has 1 N–H and O–H groups in total. The third-order valence-electron chi connectivity index (χ3n) is 3.27. The molecular formula is C15H19NO3. The number of carbonyl (C=O) groups excluding carboxylic acids is 1. The molecule has 1 aromatic carbocycles. The van der Waals surface area contributed by atoms with Crippen molar-refractivity contribution in [2.24, 2.45) is 0 Å². The van der Waals surface area contributed by atoms with Gasteiger partial charge in [0.1, 0.15) is 11.5 Å². The molecule has 2 rings (SSSR count). The summed E-state index contributed by atoms with van der Waals surface area (Å²) in [4.78, 5) is 11.7. The van der Waals surface area contributed by atoms with Gasteiger partial charge in [0.2, 0.25) is 0 Å². The van der Waals surface area contributed by atoms with E-state index in [1.165, 1.54) is 0 Å². The fraction of sp³-hybridized carbons (Fsp3) is 0.400. The van der Waals surface area contributed by atoms with Gasteiger partial charge in [0.05, 0.1) is 19.9 Å². The van der Waals surface area contributed by atoms with E-state index in [2.05, 4.69) is 5.32 Å². The monoisotopic (exact) mass is 261 g/mol. The Hall–Kier alpha value is -1.97. The molecule has 0 heterocycles. The number of anilines is 1. The Kier molecular flexibility index (Phi) is 4.44. The SMILES string of the molecule is COc1ccc(N/C=C2/CCCCC2=O)c(OC)c1. The maximum atomic E-state index is 11.7. The third-order valence-corrected chi connectivity index (χ3v) is 3.27. The molecule has 0 radical (unpaired) electrons. The van der Waals surface area contributed by atoms with E-state index in [1.54, 1.807) is 20.4 Å². The van der Waals surface area contributed by atoms with E-state index in [0.29, 0.717) is 12.2 Å². The van der Waals surface area contributed by atoms with Crippen molar-refractivity contribution < 1.29 is 14.3 Å². The highest BCUT2D eigenvalue weighted by molar-refractivity contribution is 5.96. The number of Topliss-reactive ketones (excluding diaryl/α,β-unsaturated/α-hetero) is 1. The number of ketones is 1. The second-order valence-electron chi connectivity index (χ2n) is 4.51. The molecule has 0 aliphatic heterocycles. The molecule has 0 unspecified atom stereocenters. The second kappa shape index (κ2) is 6.27. The summed E-state index contributed by atoms with van der Waals surface area (Å²) in [6.07, 6.45) is 5.39. The molecule has 0 atom stereocenters. The molecule has 19 heavy (non-hydrogen) atoms. The lowest BCUT2D eigenvalue weighted by Gasteiger charge is -2.14. The summed E-state index contributed by atoms with van der Waals surface area (Å²) >= 11 is 0. The van der Waals surface area contributed by atoms with Gasteiger partial charge in [0.15, 0.2) is 5.78 Å². The number of ether oxygens (including phenoxy) is 2. The molecule has 0 aromatic heterocycles. The lowest BCUT2D eigenvalue weighted by Crippen LogP contribution is -2.10. The van der Waals surface area contributed by atoms with Crippen LogP contribution < -0.4 is 14.8 Å². The van der Waals surface area contributed by atoms with Gasteiger partial charge in [-0.3, -0.25) is 4.79 Å². The standard InChI is InChI=1S/C15H19NO3/c1-18-12-7-8-13(15(9-12)19-2)16-10-11-5-3-4-6-14(11)17/h7-10,16H,3-6H2,1-2H3/b11-10-. The molecule has 1 saturated carbocycles. The Morgan fingerprint density at radius 1 is 1.16 bits per heavy atom. The third kappa shape index (κ3) is 3.28. The van der Waals surface area contributed by atoms with Gasteiger partial charge >= 0.3 is 0 Å². The first kappa shape index (κ1) is 13.5. The van der Waals surface area contributed by atoms with Crippen LogP contribution in [0.3, 0.4) is 0 Å². The molecule has 1 fully saturated rings. The summed E-state index contributed by atoms with van der Waals surface area (Å²) in [6, 6.07) is 5.54. The number of nitrogens with one attached hydrogen (secondary N) is 1. The summed E-state index contributed by atoms with van der Waals surface area (Å²) in [5.41, 5.74) is 1.69. The van der Waals surface area contributed by atoms with Gasteiger partial charge in [-0.15, -0.1) is 0 Å². The molecule has 0 spiro atoms. The van der Waals surface area contributed by atoms with Gasteiger partial charge < -0.3 is 14.8 Å². The zero-order valence-electron chi connectivity index (χ0n) is 11.4. The van der Waals surface area contributed by atoms with Gasteiger partial charge in [0.25, 0.3) is 0 Å². The molecule has 1 aromatic rings. The Labute approximate surface area is 113 Å². The summed E-state index contributed by atoms with van der Waals surface area (Å²) in [5.74, 6) is 1.68. The van der Waals surface area contributed by atoms with Crippen molar-refractivity contribution in [2.75, 3.05) is 19.5 Å². The highest BCUT2D eigenvalue weighted by atomic mass is 16.5. The number of rotatable bonds is 4. The summed E-state index contributed by atoms with van der Waals surface area (Å²) in [5, 5.41) is 3.15. The normalized spacial score (nSPS) is 17.4. The highest BCUT2D eigenvalue weighted by Gasteiger charge is 2.14. The van der Waals surface area contributed by atoms with E-state index in [-0.39, 0.29) is 5.78 Å². The molecule has 4 heteroatoms. The van der Waals surface area contributed by atoms with E-state index in [1.807, 2.05) is 18.2 Å². The average molecular weight is 261 g/mol. The number of carbonyl (C=O) groups is 1. The van der Waals surface area contributed by atoms with Crippen molar-refractivity contribution in [2.45, 2.75) is 25.7 Å². The van der Waals surface area contributed by atoms with Crippen LogP contribution in [-0.2, 0) is 4.79 Å². The van der Waals surface area contributed by atoms with Crippen molar-refractivity contribution in [1.82, 2.24) is 0 Å². The predicted molar refractivity (Wildman–Crippen MR) is 74.7 cm³/mol. The second-order valence-corrected chi connectivity index (χ2v) is 4.51. The van der Waals surface area contributed by atoms with Crippen molar-refractivity contribution in [1.29, 1.82) is 0 Å². The highest BCUT2D eigenvalue weighted by Crippen LogP contribution is 2.29. The zero-order valence-corrected chi connectivity index (χ0v) is 11.4. The van der Waals surface area contributed by atoms with Crippen LogP contribution in [0.25, 0.3) is 0 Å². The van der Waals surface area contributed by atoms with E-state index in [0.717, 1.165) is 36.3 Å². The molecule has 4 nitrogen and oxygen atoms in total. The fourth-order valence-corrected chi connectivity index (χ4v) is 2.14. The number of allylic oxidation sites excluding steroid dienone is 1. The van der Waals surface area contributed by atoms with Crippen LogP contribution >= 0.6 is 0 Å². The van der Waals surface area contributed by atoms with Crippen LogP contribution in [0, 0.1) is 0 Å². The first-order chi connectivity index (χ1) is 9.24. The summed E-state index contributed by atoms with van der Waals surface area (Å²) < 4.78 is 10.4. The van der Waals surface area contributed by atoms with Crippen molar-refractivity contribution in [3.8, 4) is 11.5 Å². The van der Waals surface area contributed by atoms with Crippen molar-refractivity contribution in [3.05, 3.63) is 30.0 Å². The van der Waals surface area contributed by atoms with Crippen LogP contribution in [-0.4, -0.2) is 20.0 Å². The average Bonchev–Trinajstić information content (AvgIpc) is 2.46. The molecule has 0 saturated heterocycles. The minimum Gasteiger partial charge on any atom is -0.497 e. The molecule has 0 bridgehead atoms. The summed E-state index contributed by atoms with van der Waals surface area (Å²) in [6.45, 7) is 0. The molecule has 0 amide bonds. The quantitative estimate of drug-likeness (QED) is 0.846. The first-order valence-electron chi connectivity index (χ1n) is 6.45. The molecule has 1 aliphatic carbocycles. The lowest BCUT2D eigenvalue weighted by molar-refractivity contribution is -0.116. The van der Waals surface area contributed by atoms with Crippen LogP contribution in [0.4, 0.5) is 5.69 Å². The van der Waals surface area contributed by atoms with Crippen LogP contribution in [0.15, 0.2) is 30.0 Å².